The second-order valence-corrected chi connectivity index (χ2v) is 6.85. The van der Waals surface area contributed by atoms with E-state index in [9.17, 15) is 18.4 Å². The summed E-state index contributed by atoms with van der Waals surface area (Å²) in [6.45, 7) is 1.89. The first-order valence-corrected chi connectivity index (χ1v) is 9.11. The average molecular weight is 404 g/mol. The fraction of sp³-hybridized carbons (Fsp3) is 0.333. The minimum Gasteiger partial charge on any atom is -0.493 e. The summed E-state index contributed by atoms with van der Waals surface area (Å²) >= 11 is 0. The van der Waals surface area contributed by atoms with Crippen molar-refractivity contribution >= 4 is 17.5 Å². The zero-order valence-corrected chi connectivity index (χ0v) is 16.4. The molecule has 1 saturated heterocycles. The van der Waals surface area contributed by atoms with Gasteiger partial charge in [0.25, 0.3) is 0 Å². The minimum atomic E-state index is -0.973. The molecule has 1 heterocycles. The summed E-state index contributed by atoms with van der Waals surface area (Å²) in [7, 11) is 3.02. The number of carbonyl (C=O) groups is 2. The third kappa shape index (κ3) is 4.31. The van der Waals surface area contributed by atoms with Crippen LogP contribution in [0.4, 0.5) is 14.5 Å². The summed E-state index contributed by atoms with van der Waals surface area (Å²) in [4.78, 5) is 26.6. The van der Waals surface area contributed by atoms with Gasteiger partial charge in [-0.05, 0) is 36.8 Å². The zero-order chi connectivity index (χ0) is 21.1. The number of benzene rings is 2. The Hall–Kier alpha value is -3.16. The van der Waals surface area contributed by atoms with Crippen LogP contribution in [0.5, 0.6) is 11.5 Å². The van der Waals surface area contributed by atoms with Gasteiger partial charge < -0.3 is 19.7 Å². The Labute approximate surface area is 167 Å². The van der Waals surface area contributed by atoms with Crippen molar-refractivity contribution in [1.29, 1.82) is 0 Å². The van der Waals surface area contributed by atoms with Crippen LogP contribution in [0.15, 0.2) is 36.4 Å². The second-order valence-electron chi connectivity index (χ2n) is 6.85. The summed E-state index contributed by atoms with van der Waals surface area (Å²) in [5.41, 5.74) is 1.05. The Kier molecular flexibility index (Phi) is 6.00. The monoisotopic (exact) mass is 404 g/mol. The van der Waals surface area contributed by atoms with E-state index in [0.717, 1.165) is 12.1 Å². The number of methoxy groups -OCH3 is 2. The van der Waals surface area contributed by atoms with Gasteiger partial charge in [0.2, 0.25) is 11.8 Å². The number of anilines is 1. The van der Waals surface area contributed by atoms with E-state index in [1.54, 1.807) is 25.1 Å². The van der Waals surface area contributed by atoms with Crippen LogP contribution in [0.3, 0.4) is 0 Å². The van der Waals surface area contributed by atoms with Gasteiger partial charge in [-0.1, -0.05) is 6.07 Å². The number of nitrogens with one attached hydrogen (secondary N) is 1. The molecule has 1 fully saturated rings. The van der Waals surface area contributed by atoms with Gasteiger partial charge in [0.15, 0.2) is 23.1 Å². The largest absolute Gasteiger partial charge is 0.493 e. The molecule has 0 saturated carbocycles. The van der Waals surface area contributed by atoms with Gasteiger partial charge in [0.05, 0.1) is 26.2 Å². The number of carbonyl (C=O) groups excluding carboxylic acids is 2. The molecule has 2 aromatic carbocycles. The van der Waals surface area contributed by atoms with Gasteiger partial charge >= 0.3 is 0 Å². The zero-order valence-electron chi connectivity index (χ0n) is 16.4. The van der Waals surface area contributed by atoms with Crippen molar-refractivity contribution < 1.29 is 27.8 Å². The topological polar surface area (TPSA) is 67.9 Å². The SMILES string of the molecule is COc1ccc(N2CC(C(=O)NC(C)c3ccc(F)c(F)c3)CC2=O)cc1OC. The molecule has 2 atom stereocenters. The van der Waals surface area contributed by atoms with E-state index in [4.69, 9.17) is 9.47 Å². The third-order valence-electron chi connectivity index (χ3n) is 4.98. The van der Waals surface area contributed by atoms with Gasteiger partial charge in [0.1, 0.15) is 0 Å². The van der Waals surface area contributed by atoms with Crippen LogP contribution < -0.4 is 19.7 Å². The number of hydrogen-bond acceptors (Lipinski definition) is 4. The highest BCUT2D eigenvalue weighted by Crippen LogP contribution is 2.34. The molecule has 0 spiro atoms. The molecule has 0 aliphatic carbocycles. The number of amides is 2. The predicted octanol–water partition coefficient (Wildman–Crippen LogP) is 3.21. The van der Waals surface area contributed by atoms with Crippen molar-refractivity contribution in [2.75, 3.05) is 25.7 Å². The molecule has 3 rings (SSSR count). The molecular formula is C21H22F2N2O4. The van der Waals surface area contributed by atoms with E-state index in [0.29, 0.717) is 22.7 Å². The highest BCUT2D eigenvalue weighted by molar-refractivity contribution is 6.00. The molecule has 6 nitrogen and oxygen atoms in total. The molecule has 1 N–H and O–H groups in total. The van der Waals surface area contributed by atoms with Crippen LogP contribution in [-0.4, -0.2) is 32.6 Å². The van der Waals surface area contributed by atoms with E-state index in [1.807, 2.05) is 0 Å². The van der Waals surface area contributed by atoms with Crippen molar-refractivity contribution in [1.82, 2.24) is 5.32 Å². The highest BCUT2D eigenvalue weighted by Gasteiger charge is 2.36. The quantitative estimate of drug-likeness (QED) is 0.803. The Morgan fingerprint density at radius 1 is 1.10 bits per heavy atom. The Morgan fingerprint density at radius 2 is 1.83 bits per heavy atom. The molecule has 0 radical (unpaired) electrons. The second kappa shape index (κ2) is 8.46. The minimum absolute atomic E-state index is 0.0602. The van der Waals surface area contributed by atoms with E-state index in [-0.39, 0.29) is 24.8 Å². The van der Waals surface area contributed by atoms with Crippen LogP contribution in [0.2, 0.25) is 0 Å². The number of hydrogen-bond donors (Lipinski definition) is 1. The Morgan fingerprint density at radius 3 is 2.48 bits per heavy atom. The van der Waals surface area contributed by atoms with Crippen molar-refractivity contribution in [2.45, 2.75) is 19.4 Å². The molecule has 0 bridgehead atoms. The van der Waals surface area contributed by atoms with Gasteiger partial charge in [-0.25, -0.2) is 8.78 Å². The first kappa shape index (κ1) is 20.6. The van der Waals surface area contributed by atoms with E-state index in [1.165, 1.54) is 25.2 Å². The summed E-state index contributed by atoms with van der Waals surface area (Å²) in [6.07, 6.45) is 0.0602. The summed E-state index contributed by atoms with van der Waals surface area (Å²) < 4.78 is 37.0. The fourth-order valence-electron chi connectivity index (χ4n) is 3.32. The first-order chi connectivity index (χ1) is 13.8. The molecule has 1 aliphatic rings. The molecule has 2 aromatic rings. The lowest BCUT2D eigenvalue weighted by Crippen LogP contribution is -2.34. The Balaban J connectivity index is 1.69. The number of rotatable bonds is 6. The first-order valence-electron chi connectivity index (χ1n) is 9.11. The molecule has 1 aliphatic heterocycles. The molecular weight excluding hydrogens is 382 g/mol. The van der Waals surface area contributed by atoms with Crippen molar-refractivity contribution in [3.05, 3.63) is 53.6 Å². The normalized spacial score (nSPS) is 17.2. The van der Waals surface area contributed by atoms with Gasteiger partial charge in [-0.3, -0.25) is 9.59 Å². The smallest absolute Gasteiger partial charge is 0.227 e. The molecule has 2 amide bonds. The van der Waals surface area contributed by atoms with Crippen molar-refractivity contribution in [3.63, 3.8) is 0 Å². The number of nitrogens with zero attached hydrogens (tertiary/aromatic N) is 1. The number of ether oxygens (including phenoxy) is 2. The predicted molar refractivity (Wildman–Crippen MR) is 103 cm³/mol. The van der Waals surface area contributed by atoms with Crippen molar-refractivity contribution in [3.8, 4) is 11.5 Å². The lowest BCUT2D eigenvalue weighted by molar-refractivity contribution is -0.126. The summed E-state index contributed by atoms with van der Waals surface area (Å²) in [6, 6.07) is 8.06. The molecule has 0 aromatic heterocycles. The lowest BCUT2D eigenvalue weighted by Gasteiger charge is -2.20. The van der Waals surface area contributed by atoms with Crippen LogP contribution >= 0.6 is 0 Å². The third-order valence-corrected chi connectivity index (χ3v) is 4.98. The average Bonchev–Trinajstić information content (AvgIpc) is 3.11. The molecule has 154 valence electrons. The maximum absolute atomic E-state index is 13.4. The summed E-state index contributed by atoms with van der Waals surface area (Å²) in [5, 5.41) is 2.77. The highest BCUT2D eigenvalue weighted by atomic mass is 19.2. The van der Waals surface area contributed by atoms with Crippen LogP contribution in [0.25, 0.3) is 0 Å². The Bertz CT molecular complexity index is 935. The molecule has 2 unspecified atom stereocenters. The summed E-state index contributed by atoms with van der Waals surface area (Å²) in [5.74, 6) is -1.95. The maximum Gasteiger partial charge on any atom is 0.227 e. The number of halogens is 2. The van der Waals surface area contributed by atoms with E-state index in [2.05, 4.69) is 5.32 Å². The van der Waals surface area contributed by atoms with Gasteiger partial charge in [-0.2, -0.15) is 0 Å². The molecule has 8 heteroatoms. The van der Waals surface area contributed by atoms with Gasteiger partial charge in [0, 0.05) is 24.7 Å². The van der Waals surface area contributed by atoms with Crippen molar-refractivity contribution in [2.24, 2.45) is 5.92 Å². The fourth-order valence-corrected chi connectivity index (χ4v) is 3.32. The molecule has 29 heavy (non-hydrogen) atoms. The standard InChI is InChI=1S/C21H22F2N2O4/c1-12(13-4-6-16(22)17(23)8-13)24-21(27)14-9-20(26)25(11-14)15-5-7-18(28-2)19(10-15)29-3/h4-8,10,12,14H,9,11H2,1-3H3,(H,24,27). The van der Waals surface area contributed by atoms with E-state index < -0.39 is 23.6 Å². The van der Waals surface area contributed by atoms with E-state index >= 15 is 0 Å². The maximum atomic E-state index is 13.4. The van der Waals surface area contributed by atoms with Gasteiger partial charge in [-0.15, -0.1) is 0 Å². The van der Waals surface area contributed by atoms with Crippen LogP contribution in [0, 0.1) is 17.6 Å². The lowest BCUT2D eigenvalue weighted by atomic mass is 10.0. The van der Waals surface area contributed by atoms with Crippen LogP contribution in [0.1, 0.15) is 24.9 Å². The van der Waals surface area contributed by atoms with Crippen LogP contribution in [-0.2, 0) is 9.59 Å².